The summed E-state index contributed by atoms with van der Waals surface area (Å²) in [5.74, 6) is 0.503. The summed E-state index contributed by atoms with van der Waals surface area (Å²) in [4.78, 5) is 12.1. The number of amides is 1. The summed E-state index contributed by atoms with van der Waals surface area (Å²) in [6.07, 6.45) is 0. The molecule has 0 saturated heterocycles. The minimum Gasteiger partial charge on any atom is -0.495 e. The molecule has 3 aromatic rings. The number of nitrogens with zero attached hydrogens (tertiary/aromatic N) is 2. The molecule has 1 amide bonds. The molecular weight excluding hydrogens is 359 g/mol. The van der Waals surface area contributed by atoms with Crippen molar-refractivity contribution < 1.29 is 13.9 Å². The molecule has 26 heavy (non-hydrogen) atoms. The van der Waals surface area contributed by atoms with Crippen LogP contribution in [0.5, 0.6) is 5.75 Å². The number of anilines is 3. The predicted molar refractivity (Wildman–Crippen MR) is 97.7 cm³/mol. The molecule has 6 nitrogen and oxygen atoms in total. The quantitative estimate of drug-likeness (QED) is 0.699. The van der Waals surface area contributed by atoms with E-state index in [-0.39, 0.29) is 5.82 Å². The molecule has 0 saturated carbocycles. The number of hydrogen-bond donors (Lipinski definition) is 2. The van der Waals surface area contributed by atoms with Gasteiger partial charge in [0.1, 0.15) is 11.6 Å². The molecule has 2 N–H and O–H groups in total. The average molecular weight is 373 g/mol. The number of methoxy groups -OCH3 is 1. The predicted octanol–water partition coefficient (Wildman–Crippen LogP) is 4.27. The van der Waals surface area contributed by atoms with Crippen LogP contribution in [0, 0.1) is 5.82 Å². The monoisotopic (exact) mass is 372 g/mol. The Kier molecular flexibility index (Phi) is 5.28. The van der Waals surface area contributed by atoms with E-state index in [1.54, 1.807) is 37.4 Å². The van der Waals surface area contributed by atoms with Crippen LogP contribution in [0.2, 0.25) is 5.02 Å². The zero-order valence-electron chi connectivity index (χ0n) is 13.7. The molecule has 2 aromatic carbocycles. The lowest BCUT2D eigenvalue weighted by Crippen LogP contribution is -2.13. The lowest BCUT2D eigenvalue weighted by atomic mass is 10.2. The Hall–Kier alpha value is -3.19. The Bertz CT molecular complexity index is 917. The minimum absolute atomic E-state index is 0.267. The van der Waals surface area contributed by atoms with Crippen molar-refractivity contribution in [3.63, 3.8) is 0 Å². The number of aromatic nitrogens is 2. The Morgan fingerprint density at radius 3 is 2.38 bits per heavy atom. The number of rotatable bonds is 5. The van der Waals surface area contributed by atoms with Gasteiger partial charge in [0.25, 0.3) is 5.91 Å². The van der Waals surface area contributed by atoms with Gasteiger partial charge in [-0.3, -0.25) is 4.79 Å². The average Bonchev–Trinajstić information content (AvgIpc) is 2.64. The summed E-state index contributed by atoms with van der Waals surface area (Å²) in [7, 11) is 1.55. The standard InChI is InChI=1S/C18H14ClFN4O2/c1-26-15-7-4-12(19)10-14(15)21-16-8-9-17(24-23-16)22-18(25)11-2-5-13(20)6-3-11/h2-10H,1H3,(H,21,23)(H,22,24,25). The number of benzene rings is 2. The van der Waals surface area contributed by atoms with Gasteiger partial charge in [-0.25, -0.2) is 4.39 Å². The van der Waals surface area contributed by atoms with Gasteiger partial charge in [0, 0.05) is 10.6 Å². The third-order valence-corrected chi connectivity index (χ3v) is 3.67. The Morgan fingerprint density at radius 2 is 1.73 bits per heavy atom. The van der Waals surface area contributed by atoms with Crippen molar-refractivity contribution in [2.45, 2.75) is 0 Å². The molecule has 8 heteroatoms. The molecule has 132 valence electrons. The Balaban J connectivity index is 1.70. The van der Waals surface area contributed by atoms with Gasteiger partial charge >= 0.3 is 0 Å². The normalized spacial score (nSPS) is 10.3. The topological polar surface area (TPSA) is 76.1 Å². The number of carbonyl (C=O) groups is 1. The van der Waals surface area contributed by atoms with E-state index in [1.165, 1.54) is 24.3 Å². The summed E-state index contributed by atoms with van der Waals surface area (Å²) >= 11 is 5.99. The van der Waals surface area contributed by atoms with Crippen molar-refractivity contribution in [2.75, 3.05) is 17.7 Å². The zero-order chi connectivity index (χ0) is 18.5. The van der Waals surface area contributed by atoms with Crippen molar-refractivity contribution in [3.8, 4) is 5.75 Å². The third kappa shape index (κ3) is 4.25. The highest BCUT2D eigenvalue weighted by Gasteiger charge is 2.09. The van der Waals surface area contributed by atoms with Crippen LogP contribution in [0.15, 0.2) is 54.6 Å². The largest absolute Gasteiger partial charge is 0.495 e. The van der Waals surface area contributed by atoms with Crippen LogP contribution in [0.25, 0.3) is 0 Å². The maximum atomic E-state index is 12.9. The van der Waals surface area contributed by atoms with Crippen molar-refractivity contribution in [1.29, 1.82) is 0 Å². The van der Waals surface area contributed by atoms with Crippen LogP contribution in [0.3, 0.4) is 0 Å². The molecular formula is C18H14ClFN4O2. The molecule has 0 unspecified atom stereocenters. The van der Waals surface area contributed by atoms with Gasteiger partial charge < -0.3 is 15.4 Å². The molecule has 0 bridgehead atoms. The summed E-state index contributed by atoms with van der Waals surface area (Å²) in [6.45, 7) is 0. The lowest BCUT2D eigenvalue weighted by Gasteiger charge is -2.11. The van der Waals surface area contributed by atoms with E-state index >= 15 is 0 Å². The molecule has 0 aliphatic carbocycles. The van der Waals surface area contributed by atoms with Crippen molar-refractivity contribution >= 4 is 34.8 Å². The summed E-state index contributed by atoms with van der Waals surface area (Å²) in [5.41, 5.74) is 0.955. The lowest BCUT2D eigenvalue weighted by molar-refractivity contribution is 0.102. The van der Waals surface area contributed by atoms with Crippen molar-refractivity contribution in [1.82, 2.24) is 10.2 Å². The molecule has 1 aromatic heterocycles. The summed E-state index contributed by atoms with van der Waals surface area (Å²) in [5, 5.41) is 14.1. The van der Waals surface area contributed by atoms with E-state index in [9.17, 15) is 9.18 Å². The highest BCUT2D eigenvalue weighted by Crippen LogP contribution is 2.29. The second-order valence-corrected chi connectivity index (χ2v) is 5.67. The van der Waals surface area contributed by atoms with E-state index in [2.05, 4.69) is 20.8 Å². The molecule has 1 heterocycles. The van der Waals surface area contributed by atoms with Crippen LogP contribution < -0.4 is 15.4 Å². The maximum absolute atomic E-state index is 12.9. The van der Waals surface area contributed by atoms with Gasteiger partial charge in [-0.15, -0.1) is 10.2 Å². The molecule has 3 rings (SSSR count). The maximum Gasteiger partial charge on any atom is 0.256 e. The van der Waals surface area contributed by atoms with E-state index in [0.717, 1.165) is 0 Å². The molecule has 0 spiro atoms. The number of halogens is 2. The number of nitrogens with one attached hydrogen (secondary N) is 2. The Labute approximate surface area is 154 Å². The van der Waals surface area contributed by atoms with Crippen LogP contribution in [0.1, 0.15) is 10.4 Å². The first-order valence-electron chi connectivity index (χ1n) is 7.56. The SMILES string of the molecule is COc1ccc(Cl)cc1Nc1ccc(NC(=O)c2ccc(F)cc2)nn1. The second-order valence-electron chi connectivity index (χ2n) is 5.23. The fourth-order valence-corrected chi connectivity index (χ4v) is 2.34. The number of hydrogen-bond acceptors (Lipinski definition) is 5. The zero-order valence-corrected chi connectivity index (χ0v) is 14.4. The molecule has 0 radical (unpaired) electrons. The van der Waals surface area contributed by atoms with Crippen LogP contribution in [0.4, 0.5) is 21.7 Å². The van der Waals surface area contributed by atoms with E-state index in [0.29, 0.717) is 27.8 Å². The third-order valence-electron chi connectivity index (χ3n) is 3.44. The van der Waals surface area contributed by atoms with Gasteiger partial charge in [0.15, 0.2) is 11.6 Å². The minimum atomic E-state index is -0.409. The Morgan fingerprint density at radius 1 is 1.04 bits per heavy atom. The van der Waals surface area contributed by atoms with Crippen molar-refractivity contribution in [2.24, 2.45) is 0 Å². The highest BCUT2D eigenvalue weighted by molar-refractivity contribution is 6.31. The van der Waals surface area contributed by atoms with Gasteiger partial charge in [0.05, 0.1) is 12.8 Å². The van der Waals surface area contributed by atoms with Gasteiger partial charge in [0.2, 0.25) is 0 Å². The molecule has 0 aliphatic heterocycles. The van der Waals surface area contributed by atoms with E-state index < -0.39 is 11.7 Å². The first-order chi connectivity index (χ1) is 12.5. The number of ether oxygens (including phenoxy) is 1. The smallest absolute Gasteiger partial charge is 0.256 e. The highest BCUT2D eigenvalue weighted by atomic mass is 35.5. The first kappa shape index (κ1) is 17.6. The second kappa shape index (κ2) is 7.79. The first-order valence-corrected chi connectivity index (χ1v) is 7.94. The molecule has 0 atom stereocenters. The van der Waals surface area contributed by atoms with Gasteiger partial charge in [-0.2, -0.15) is 0 Å². The summed E-state index contributed by atoms with van der Waals surface area (Å²) < 4.78 is 18.2. The summed E-state index contributed by atoms with van der Waals surface area (Å²) in [6, 6.07) is 13.6. The van der Waals surface area contributed by atoms with Gasteiger partial charge in [-0.1, -0.05) is 11.6 Å². The fraction of sp³-hybridized carbons (Fsp3) is 0.0556. The molecule has 0 fully saturated rings. The van der Waals surface area contributed by atoms with Crippen molar-refractivity contribution in [3.05, 3.63) is 71.0 Å². The van der Waals surface area contributed by atoms with E-state index in [4.69, 9.17) is 16.3 Å². The molecule has 0 aliphatic rings. The van der Waals surface area contributed by atoms with Gasteiger partial charge in [-0.05, 0) is 54.6 Å². The number of carbonyl (C=O) groups excluding carboxylic acids is 1. The fourth-order valence-electron chi connectivity index (χ4n) is 2.17. The van der Waals surface area contributed by atoms with Crippen LogP contribution >= 0.6 is 11.6 Å². The van der Waals surface area contributed by atoms with Crippen LogP contribution in [-0.4, -0.2) is 23.2 Å². The van der Waals surface area contributed by atoms with E-state index in [1.807, 2.05) is 0 Å². The van der Waals surface area contributed by atoms with Crippen LogP contribution in [-0.2, 0) is 0 Å².